The molecule has 69 heavy (non-hydrogen) atoms. The monoisotopic (exact) mass is 895 g/mol. The van der Waals surface area contributed by atoms with Crippen LogP contribution in [0.2, 0.25) is 0 Å². The molecule has 15 rings (SSSR count). The van der Waals surface area contributed by atoms with Crippen LogP contribution in [0.3, 0.4) is 0 Å². The van der Waals surface area contributed by atoms with Gasteiger partial charge in [-0.3, -0.25) is 0 Å². The summed E-state index contributed by atoms with van der Waals surface area (Å²) in [4.78, 5) is 5.15. The molecular weight excluding hydrogens is 855 g/mol. The summed E-state index contributed by atoms with van der Waals surface area (Å²) in [6, 6.07) is 92.4. The standard InChI is InChI=1S/C66H41NOS/c1-2-19-42(20-3-1)46-21-6-13-31-58(46)67(59-32-18-30-56-64(59)48-23-5-8-25-51(48)65(56)52-26-9-14-33-60(52)68-61-34-15-10-27-53(61)65)45-38-37-43-40-49-47-22-4-7-24-50(47)66(57(49)41-44(43)39-45)54-28-11-16-35-62(54)69-63-36-17-12-29-55(63)66/h1-41H. The number of rotatable bonds is 4. The highest BCUT2D eigenvalue weighted by atomic mass is 32.2. The molecule has 2 aliphatic carbocycles. The second kappa shape index (κ2) is 14.6. The van der Waals surface area contributed by atoms with E-state index in [-0.39, 0.29) is 0 Å². The van der Waals surface area contributed by atoms with E-state index in [1.54, 1.807) is 0 Å². The van der Waals surface area contributed by atoms with E-state index < -0.39 is 10.8 Å². The number of benzene rings is 11. The Kier molecular flexibility index (Phi) is 8.17. The molecule has 0 saturated heterocycles. The van der Waals surface area contributed by atoms with Crippen LogP contribution in [0.15, 0.2) is 259 Å². The van der Waals surface area contributed by atoms with E-state index in [1.165, 1.54) is 81.8 Å². The number of para-hydroxylation sites is 3. The maximum absolute atomic E-state index is 6.74. The normalized spacial score (nSPS) is 14.4. The minimum Gasteiger partial charge on any atom is -0.457 e. The molecule has 0 N–H and O–H groups in total. The molecule has 2 nitrogen and oxygen atoms in total. The molecule has 3 heteroatoms. The van der Waals surface area contributed by atoms with Crippen molar-refractivity contribution >= 4 is 39.6 Å². The van der Waals surface area contributed by atoms with Crippen molar-refractivity contribution in [1.29, 1.82) is 0 Å². The summed E-state index contributed by atoms with van der Waals surface area (Å²) in [7, 11) is 0. The van der Waals surface area contributed by atoms with E-state index in [1.807, 2.05) is 11.8 Å². The SMILES string of the molecule is c1ccc(-c2ccccc2N(c2ccc3cc4c(cc3c2)C2(c3ccccc3Sc3ccccc32)c2ccccc2-4)c2cccc3c2-c2ccccc2C32c3ccccc3Oc3ccccc32)cc1. The van der Waals surface area contributed by atoms with Crippen molar-refractivity contribution in [2.24, 2.45) is 0 Å². The van der Waals surface area contributed by atoms with Crippen molar-refractivity contribution in [2.45, 2.75) is 20.6 Å². The lowest BCUT2D eigenvalue weighted by molar-refractivity contribution is 0.436. The smallest absolute Gasteiger partial charge is 0.132 e. The van der Waals surface area contributed by atoms with Crippen LogP contribution in [0, 0.1) is 0 Å². The molecule has 322 valence electrons. The molecule has 11 aromatic rings. The molecule has 0 saturated carbocycles. The summed E-state index contributed by atoms with van der Waals surface area (Å²) < 4.78 is 6.74. The maximum atomic E-state index is 6.74. The third-order valence-electron chi connectivity index (χ3n) is 15.4. The quantitative estimate of drug-likeness (QED) is 0.175. The Labute approximate surface area is 405 Å². The second-order valence-corrected chi connectivity index (χ2v) is 19.7. The van der Waals surface area contributed by atoms with Crippen molar-refractivity contribution in [3.63, 3.8) is 0 Å². The van der Waals surface area contributed by atoms with Crippen molar-refractivity contribution < 1.29 is 4.74 Å². The lowest BCUT2D eigenvalue weighted by atomic mass is 9.66. The molecule has 0 bridgehead atoms. The predicted octanol–water partition coefficient (Wildman–Crippen LogP) is 17.3. The Hall–Kier alpha value is -8.37. The molecule has 0 amide bonds. The van der Waals surface area contributed by atoms with Crippen molar-refractivity contribution in [2.75, 3.05) is 4.90 Å². The van der Waals surface area contributed by atoms with E-state index in [4.69, 9.17) is 4.74 Å². The molecule has 0 unspecified atom stereocenters. The highest BCUT2D eigenvalue weighted by Gasteiger charge is 2.53. The van der Waals surface area contributed by atoms with E-state index in [0.29, 0.717) is 0 Å². The molecule has 0 atom stereocenters. The molecule has 0 aromatic heterocycles. The first kappa shape index (κ1) is 38.7. The van der Waals surface area contributed by atoms with Crippen LogP contribution in [0.1, 0.15) is 44.5 Å². The van der Waals surface area contributed by atoms with Gasteiger partial charge in [0, 0.05) is 37.7 Å². The first-order valence-corrected chi connectivity index (χ1v) is 24.6. The molecule has 2 spiro atoms. The first-order valence-electron chi connectivity index (χ1n) is 23.8. The third kappa shape index (κ3) is 5.17. The topological polar surface area (TPSA) is 12.5 Å². The number of fused-ring (bicyclic) bond motifs is 19. The van der Waals surface area contributed by atoms with Crippen LogP contribution >= 0.6 is 11.8 Å². The van der Waals surface area contributed by atoms with Crippen LogP contribution in [-0.2, 0) is 10.8 Å². The van der Waals surface area contributed by atoms with E-state index in [9.17, 15) is 0 Å². The van der Waals surface area contributed by atoms with Gasteiger partial charge in [0.25, 0.3) is 0 Å². The lowest BCUT2D eigenvalue weighted by Gasteiger charge is -2.39. The average Bonchev–Trinajstić information content (AvgIpc) is 3.86. The Bertz CT molecular complexity index is 3850. The Balaban J connectivity index is 1.02. The van der Waals surface area contributed by atoms with E-state index in [2.05, 4.69) is 254 Å². The third-order valence-corrected chi connectivity index (χ3v) is 16.5. The zero-order valence-electron chi connectivity index (χ0n) is 37.4. The van der Waals surface area contributed by atoms with Gasteiger partial charge in [0.15, 0.2) is 0 Å². The number of hydrogen-bond acceptors (Lipinski definition) is 3. The molecule has 4 aliphatic rings. The van der Waals surface area contributed by atoms with Crippen molar-refractivity contribution in [1.82, 2.24) is 0 Å². The molecular formula is C66H41NOS. The highest BCUT2D eigenvalue weighted by molar-refractivity contribution is 7.99. The average molecular weight is 896 g/mol. The second-order valence-electron chi connectivity index (χ2n) is 18.6. The minimum atomic E-state index is -0.601. The van der Waals surface area contributed by atoms with Crippen LogP contribution in [-0.4, -0.2) is 0 Å². The van der Waals surface area contributed by atoms with Gasteiger partial charge in [-0.25, -0.2) is 0 Å². The Morgan fingerprint density at radius 2 is 0.841 bits per heavy atom. The van der Waals surface area contributed by atoms with Gasteiger partial charge >= 0.3 is 0 Å². The summed E-state index contributed by atoms with van der Waals surface area (Å²) in [6.07, 6.45) is 0. The fourth-order valence-electron chi connectivity index (χ4n) is 12.7. The van der Waals surface area contributed by atoms with Crippen LogP contribution in [0.25, 0.3) is 44.2 Å². The van der Waals surface area contributed by atoms with Crippen LogP contribution in [0.5, 0.6) is 11.5 Å². The predicted molar refractivity (Wildman–Crippen MR) is 283 cm³/mol. The van der Waals surface area contributed by atoms with Gasteiger partial charge in [-0.2, -0.15) is 0 Å². The lowest BCUT2D eigenvalue weighted by Crippen LogP contribution is -2.32. The number of hydrogen-bond donors (Lipinski definition) is 0. The Morgan fingerprint density at radius 3 is 1.55 bits per heavy atom. The number of anilines is 3. The highest BCUT2D eigenvalue weighted by Crippen LogP contribution is 2.65. The van der Waals surface area contributed by atoms with Crippen LogP contribution in [0.4, 0.5) is 17.1 Å². The Morgan fingerprint density at radius 1 is 0.319 bits per heavy atom. The summed E-state index contributed by atoms with van der Waals surface area (Å²) in [5, 5.41) is 2.41. The largest absolute Gasteiger partial charge is 0.457 e. The van der Waals surface area contributed by atoms with Gasteiger partial charge < -0.3 is 9.64 Å². The summed E-state index contributed by atoms with van der Waals surface area (Å²) in [5.41, 5.74) is 19.8. The zero-order valence-corrected chi connectivity index (χ0v) is 38.3. The fraction of sp³-hybridized carbons (Fsp3) is 0.0303. The molecule has 0 fully saturated rings. The first-order chi connectivity index (χ1) is 34.2. The van der Waals surface area contributed by atoms with Gasteiger partial charge in [0.05, 0.1) is 22.2 Å². The van der Waals surface area contributed by atoms with E-state index >= 15 is 0 Å². The maximum Gasteiger partial charge on any atom is 0.132 e. The van der Waals surface area contributed by atoms with Crippen LogP contribution < -0.4 is 9.64 Å². The minimum absolute atomic E-state index is 0.470. The fourth-order valence-corrected chi connectivity index (χ4v) is 13.9. The van der Waals surface area contributed by atoms with Crippen molar-refractivity contribution in [3.8, 4) is 44.9 Å². The van der Waals surface area contributed by atoms with Gasteiger partial charge in [0.2, 0.25) is 0 Å². The molecule has 2 aliphatic heterocycles. The van der Waals surface area contributed by atoms with Gasteiger partial charge in [-0.15, -0.1) is 0 Å². The summed E-state index contributed by atoms with van der Waals surface area (Å²) in [6.45, 7) is 0. The van der Waals surface area contributed by atoms with Gasteiger partial charge in [-0.05, 0) is 127 Å². The van der Waals surface area contributed by atoms with Gasteiger partial charge in [0.1, 0.15) is 11.5 Å². The summed E-state index contributed by atoms with van der Waals surface area (Å²) in [5.74, 6) is 1.78. The molecule has 0 radical (unpaired) electrons. The summed E-state index contributed by atoms with van der Waals surface area (Å²) >= 11 is 1.89. The number of ether oxygens (including phenoxy) is 1. The number of nitrogens with zero attached hydrogens (tertiary/aromatic N) is 1. The zero-order chi connectivity index (χ0) is 45.3. The van der Waals surface area contributed by atoms with Crippen molar-refractivity contribution in [3.05, 3.63) is 293 Å². The molecule has 2 heterocycles. The van der Waals surface area contributed by atoms with E-state index in [0.717, 1.165) is 45.3 Å². The molecule has 11 aromatic carbocycles. The van der Waals surface area contributed by atoms with Gasteiger partial charge in [-0.1, -0.05) is 200 Å².